The van der Waals surface area contributed by atoms with Crippen molar-refractivity contribution in [3.05, 3.63) is 53.1 Å². The summed E-state index contributed by atoms with van der Waals surface area (Å²) in [5.74, 6) is -0.362. The Labute approximate surface area is 181 Å². The van der Waals surface area contributed by atoms with Gasteiger partial charge in [-0.1, -0.05) is 6.07 Å². The van der Waals surface area contributed by atoms with Crippen molar-refractivity contribution >= 4 is 17.8 Å². The normalized spacial score (nSPS) is 15.8. The van der Waals surface area contributed by atoms with Gasteiger partial charge < -0.3 is 16.0 Å². The smallest absolute Gasteiger partial charge is 0.375 e. The molecule has 0 aliphatic heterocycles. The summed E-state index contributed by atoms with van der Waals surface area (Å²) in [5.41, 5.74) is 0.358. The number of alkyl halides is 5. The van der Waals surface area contributed by atoms with Crippen LogP contribution in [0.5, 0.6) is 0 Å². The third kappa shape index (κ3) is 5.57. The topological polar surface area (TPSA) is 90.8 Å². The fourth-order valence-corrected chi connectivity index (χ4v) is 3.28. The Bertz CT molecular complexity index is 974. The van der Waals surface area contributed by atoms with E-state index in [9.17, 15) is 26.7 Å². The Balaban J connectivity index is 1.60. The van der Waals surface area contributed by atoms with Crippen molar-refractivity contribution in [2.45, 2.75) is 50.2 Å². The molecular weight excluding hydrogens is 433 g/mol. The van der Waals surface area contributed by atoms with Crippen LogP contribution in [0.4, 0.5) is 27.6 Å². The fourth-order valence-electron chi connectivity index (χ4n) is 3.28. The average molecular weight is 455 g/mol. The molecule has 0 radical (unpaired) electrons. The van der Waals surface area contributed by atoms with E-state index in [-0.39, 0.29) is 23.6 Å². The third-order valence-electron chi connectivity index (χ3n) is 5.32. The largest absolute Gasteiger partial charge is 0.405 e. The van der Waals surface area contributed by atoms with Gasteiger partial charge >= 0.3 is 6.18 Å². The van der Waals surface area contributed by atoms with Crippen molar-refractivity contribution in [1.29, 1.82) is 5.41 Å². The molecule has 3 N–H and O–H groups in total. The Kier molecular flexibility index (Phi) is 6.75. The lowest BCUT2D eigenvalue weighted by molar-refractivity contribution is -0.121. The Morgan fingerprint density at radius 1 is 1.25 bits per heavy atom. The monoisotopic (exact) mass is 455 g/mol. The standard InChI is InChI=1S/C21H22F5N5O/c1-12(15-7-14(8-27)16(10-28-15)30-11-21(24,25)26)31-18(32)6-13-2-3-17(29-9-13)20(4-5-20)19(22)23/h2-3,7-10,12,19,27,30H,4-6,11H2,1H3,(H,31,32)/t12-/m1/s1. The molecule has 1 aliphatic rings. The average Bonchev–Trinajstić information content (AvgIpc) is 3.54. The number of halogens is 5. The highest BCUT2D eigenvalue weighted by molar-refractivity contribution is 5.85. The molecule has 1 saturated carbocycles. The van der Waals surface area contributed by atoms with Gasteiger partial charge in [0.2, 0.25) is 12.3 Å². The van der Waals surface area contributed by atoms with Gasteiger partial charge in [-0.2, -0.15) is 13.2 Å². The molecule has 1 atom stereocenters. The van der Waals surface area contributed by atoms with Crippen LogP contribution in [0.1, 0.15) is 48.3 Å². The summed E-state index contributed by atoms with van der Waals surface area (Å²) in [4.78, 5) is 20.5. The van der Waals surface area contributed by atoms with Crippen LogP contribution in [0.15, 0.2) is 30.6 Å². The molecular formula is C21H22F5N5O. The van der Waals surface area contributed by atoms with E-state index in [2.05, 4.69) is 20.6 Å². The number of hydrogen-bond donors (Lipinski definition) is 3. The summed E-state index contributed by atoms with van der Waals surface area (Å²) in [6.07, 6.45) is -2.63. The fraction of sp³-hybridized carbons (Fsp3) is 0.429. The number of carbonyl (C=O) groups is 1. The molecule has 0 saturated heterocycles. The Morgan fingerprint density at radius 3 is 2.50 bits per heavy atom. The highest BCUT2D eigenvalue weighted by Crippen LogP contribution is 2.51. The van der Waals surface area contributed by atoms with Crippen LogP contribution in [-0.2, 0) is 16.6 Å². The molecule has 172 valence electrons. The van der Waals surface area contributed by atoms with E-state index in [0.29, 0.717) is 29.8 Å². The van der Waals surface area contributed by atoms with Gasteiger partial charge in [0.05, 0.1) is 41.1 Å². The number of amides is 1. The van der Waals surface area contributed by atoms with Crippen LogP contribution in [0.3, 0.4) is 0 Å². The summed E-state index contributed by atoms with van der Waals surface area (Å²) in [6, 6.07) is 3.97. The second-order valence-electron chi connectivity index (χ2n) is 7.78. The van der Waals surface area contributed by atoms with E-state index in [0.717, 1.165) is 6.21 Å². The molecule has 0 bridgehead atoms. The van der Waals surface area contributed by atoms with E-state index in [4.69, 9.17) is 5.41 Å². The summed E-state index contributed by atoms with van der Waals surface area (Å²) in [7, 11) is 0. The summed E-state index contributed by atoms with van der Waals surface area (Å²) < 4.78 is 63.5. The van der Waals surface area contributed by atoms with E-state index < -0.39 is 30.6 Å². The van der Waals surface area contributed by atoms with Crippen molar-refractivity contribution in [3.63, 3.8) is 0 Å². The molecule has 0 unspecified atom stereocenters. The number of carbonyl (C=O) groups excluding carboxylic acids is 1. The molecule has 2 heterocycles. The quantitative estimate of drug-likeness (QED) is 0.391. The summed E-state index contributed by atoms with van der Waals surface area (Å²) in [5, 5.41) is 12.3. The number of nitrogens with one attached hydrogen (secondary N) is 3. The number of nitrogens with zero attached hydrogens (tertiary/aromatic N) is 2. The van der Waals surface area contributed by atoms with Gasteiger partial charge in [0.15, 0.2) is 0 Å². The molecule has 6 nitrogen and oxygen atoms in total. The second kappa shape index (κ2) is 9.17. The van der Waals surface area contributed by atoms with Crippen molar-refractivity contribution in [2.75, 3.05) is 11.9 Å². The molecule has 11 heteroatoms. The van der Waals surface area contributed by atoms with Crippen molar-refractivity contribution in [3.8, 4) is 0 Å². The van der Waals surface area contributed by atoms with E-state index in [1.54, 1.807) is 13.0 Å². The van der Waals surface area contributed by atoms with Gasteiger partial charge in [-0.3, -0.25) is 14.8 Å². The van der Waals surface area contributed by atoms with E-state index in [1.807, 2.05) is 0 Å². The zero-order valence-corrected chi connectivity index (χ0v) is 17.1. The van der Waals surface area contributed by atoms with Crippen molar-refractivity contribution in [1.82, 2.24) is 15.3 Å². The van der Waals surface area contributed by atoms with Crippen LogP contribution in [-0.4, -0.2) is 41.2 Å². The molecule has 2 aromatic rings. The summed E-state index contributed by atoms with van der Waals surface area (Å²) in [6.45, 7) is 0.393. The highest BCUT2D eigenvalue weighted by Gasteiger charge is 2.53. The number of pyridine rings is 2. The first-order valence-corrected chi connectivity index (χ1v) is 9.88. The van der Waals surface area contributed by atoms with Crippen molar-refractivity contribution < 1.29 is 26.7 Å². The highest BCUT2D eigenvalue weighted by atomic mass is 19.4. The lowest BCUT2D eigenvalue weighted by atomic mass is 10.0. The maximum absolute atomic E-state index is 13.2. The summed E-state index contributed by atoms with van der Waals surface area (Å²) >= 11 is 0. The first kappa shape index (κ1) is 23.6. The number of anilines is 1. The second-order valence-corrected chi connectivity index (χ2v) is 7.78. The molecule has 0 spiro atoms. The molecule has 0 aromatic carbocycles. The van der Waals surface area contributed by atoms with Gasteiger partial charge in [-0.15, -0.1) is 0 Å². The van der Waals surface area contributed by atoms with Gasteiger partial charge in [0.25, 0.3) is 0 Å². The third-order valence-corrected chi connectivity index (χ3v) is 5.32. The van der Waals surface area contributed by atoms with Crippen LogP contribution >= 0.6 is 0 Å². The Hall–Kier alpha value is -3.11. The van der Waals surface area contributed by atoms with Crippen LogP contribution < -0.4 is 10.6 Å². The lowest BCUT2D eigenvalue weighted by Gasteiger charge is -2.17. The van der Waals surface area contributed by atoms with Gasteiger partial charge in [-0.25, -0.2) is 8.78 Å². The lowest BCUT2D eigenvalue weighted by Crippen LogP contribution is -2.29. The minimum atomic E-state index is -4.41. The molecule has 32 heavy (non-hydrogen) atoms. The Morgan fingerprint density at radius 2 is 1.97 bits per heavy atom. The van der Waals surface area contributed by atoms with E-state index in [1.165, 1.54) is 24.5 Å². The number of aromatic nitrogens is 2. The van der Waals surface area contributed by atoms with Crippen LogP contribution in [0.2, 0.25) is 0 Å². The molecule has 3 rings (SSSR count). The zero-order valence-electron chi connectivity index (χ0n) is 17.1. The van der Waals surface area contributed by atoms with E-state index >= 15 is 0 Å². The number of hydrogen-bond acceptors (Lipinski definition) is 5. The predicted molar refractivity (Wildman–Crippen MR) is 108 cm³/mol. The van der Waals surface area contributed by atoms with Crippen LogP contribution in [0, 0.1) is 5.41 Å². The zero-order chi connectivity index (χ0) is 23.5. The van der Waals surface area contributed by atoms with Gasteiger partial charge in [-0.05, 0) is 37.5 Å². The van der Waals surface area contributed by atoms with Crippen LogP contribution in [0.25, 0.3) is 0 Å². The maximum atomic E-state index is 13.2. The number of rotatable bonds is 9. The molecule has 1 fully saturated rings. The first-order valence-electron chi connectivity index (χ1n) is 9.88. The minimum absolute atomic E-state index is 0.0258. The maximum Gasteiger partial charge on any atom is 0.405 e. The van der Waals surface area contributed by atoms with Gasteiger partial charge in [0, 0.05) is 18.0 Å². The molecule has 2 aromatic heterocycles. The first-order chi connectivity index (χ1) is 15.0. The molecule has 1 aliphatic carbocycles. The van der Waals surface area contributed by atoms with Crippen molar-refractivity contribution in [2.24, 2.45) is 0 Å². The predicted octanol–water partition coefficient (Wildman–Crippen LogP) is 4.17. The molecule has 1 amide bonds. The SMILES string of the molecule is C[C@@H](NC(=O)Cc1ccc(C2(C(F)F)CC2)nc1)c1cc(C=N)c(NCC(F)(F)F)cn1. The van der Waals surface area contributed by atoms with Gasteiger partial charge in [0.1, 0.15) is 6.54 Å². The minimum Gasteiger partial charge on any atom is -0.375 e.